The number of aromatic nitrogens is 3. The van der Waals surface area contributed by atoms with Gasteiger partial charge in [-0.25, -0.2) is 27.5 Å². The average molecular weight is 737 g/mol. The maximum absolute atomic E-state index is 12.6. The lowest BCUT2D eigenvalue weighted by Gasteiger charge is -2.17. The van der Waals surface area contributed by atoms with Crippen molar-refractivity contribution in [2.24, 2.45) is 0 Å². The molecule has 0 radical (unpaired) electrons. The molecule has 4 rings (SSSR count). The van der Waals surface area contributed by atoms with Gasteiger partial charge in [0.15, 0.2) is 6.10 Å². The number of aryl methyl sites for hydroxylation is 1. The van der Waals surface area contributed by atoms with Crippen molar-refractivity contribution in [1.82, 2.24) is 19.7 Å². The van der Waals surface area contributed by atoms with E-state index in [4.69, 9.17) is 37.4 Å². The quantitative estimate of drug-likeness (QED) is 0.209. The molecule has 15 nitrogen and oxygen atoms in total. The Morgan fingerprint density at radius 3 is 2.14 bits per heavy atom. The average Bonchev–Trinajstić information content (AvgIpc) is 3.08. The maximum Gasteiger partial charge on any atom is 0.346 e. The predicted octanol–water partition coefficient (Wildman–Crippen LogP) is 5.24. The number of nitrogens with one attached hydrogen (secondary N) is 1. The molecular weight excluding hydrogens is 705 g/mol. The summed E-state index contributed by atoms with van der Waals surface area (Å²) in [6, 6.07) is 16.1. The molecule has 0 aliphatic carbocycles. The van der Waals surface area contributed by atoms with Gasteiger partial charge >= 0.3 is 24.0 Å². The number of urea groups is 1. The second-order valence-electron chi connectivity index (χ2n) is 9.56. The van der Waals surface area contributed by atoms with Crippen LogP contribution in [0.5, 0.6) is 23.3 Å². The fraction of sp³-hybridized carbons (Fsp3) is 0.226. The molecule has 1 N–H and O–H groups in total. The molecule has 18 heteroatoms. The van der Waals surface area contributed by atoms with Crippen LogP contribution in [0.4, 0.5) is 10.7 Å². The molecule has 1 heterocycles. The molecule has 0 aliphatic rings. The molecule has 0 bridgehead atoms. The van der Waals surface area contributed by atoms with Crippen molar-refractivity contribution in [3.63, 3.8) is 0 Å². The van der Waals surface area contributed by atoms with E-state index in [0.29, 0.717) is 27.3 Å². The number of nitrogens with zero attached hydrogens (tertiary/aromatic N) is 4. The molecule has 3 aromatic carbocycles. The zero-order valence-corrected chi connectivity index (χ0v) is 29.3. The number of carbonyl (C=O) groups is 3. The van der Waals surface area contributed by atoms with Gasteiger partial charge in [-0.05, 0) is 68.4 Å². The van der Waals surface area contributed by atoms with Crippen molar-refractivity contribution in [2.45, 2.75) is 24.8 Å². The van der Waals surface area contributed by atoms with Gasteiger partial charge in [0.1, 0.15) is 28.0 Å². The van der Waals surface area contributed by atoms with Gasteiger partial charge in [-0.3, -0.25) is 4.90 Å². The third-order valence-electron chi connectivity index (χ3n) is 6.10. The topological polar surface area (TPSA) is 185 Å². The number of methoxy groups -OCH3 is 3. The largest absolute Gasteiger partial charge is 0.479 e. The lowest BCUT2D eigenvalue weighted by atomic mass is 10.2. The van der Waals surface area contributed by atoms with E-state index in [0.717, 1.165) is 12.0 Å². The highest BCUT2D eigenvalue weighted by Gasteiger charge is 2.27. The van der Waals surface area contributed by atoms with Gasteiger partial charge in [0, 0.05) is 12.1 Å². The number of benzene rings is 3. The van der Waals surface area contributed by atoms with Gasteiger partial charge < -0.3 is 23.7 Å². The van der Waals surface area contributed by atoms with Crippen molar-refractivity contribution in [1.29, 1.82) is 0 Å². The Morgan fingerprint density at radius 1 is 0.878 bits per heavy atom. The second kappa shape index (κ2) is 17.3. The van der Waals surface area contributed by atoms with Crippen LogP contribution in [0.1, 0.15) is 23.1 Å². The molecule has 0 saturated carbocycles. The van der Waals surface area contributed by atoms with Crippen molar-refractivity contribution >= 4 is 57.1 Å². The third-order valence-corrected chi connectivity index (χ3v) is 8.01. The van der Waals surface area contributed by atoms with Gasteiger partial charge in [-0.1, -0.05) is 35.3 Å². The number of hydrogen-bond acceptors (Lipinski definition) is 13. The number of ether oxygens (including phenoxy) is 5. The first-order chi connectivity index (χ1) is 23.2. The van der Waals surface area contributed by atoms with E-state index in [2.05, 4.69) is 24.4 Å². The Morgan fingerprint density at radius 2 is 1.53 bits per heavy atom. The van der Waals surface area contributed by atoms with Crippen LogP contribution >= 0.6 is 23.2 Å². The third kappa shape index (κ3) is 10.7. The van der Waals surface area contributed by atoms with Gasteiger partial charge in [0.25, 0.3) is 10.0 Å². The minimum atomic E-state index is -4.37. The highest BCUT2D eigenvalue weighted by molar-refractivity contribution is 7.90. The van der Waals surface area contributed by atoms with E-state index >= 15 is 0 Å². The van der Waals surface area contributed by atoms with E-state index in [1.54, 1.807) is 56.3 Å². The first kappa shape index (κ1) is 38.3. The van der Waals surface area contributed by atoms with E-state index < -0.39 is 39.0 Å². The number of carbonyl (C=O) groups excluding carboxylic acids is 3. The Kier molecular flexibility index (Phi) is 13.5. The molecule has 0 fully saturated rings. The number of anilines is 1. The van der Waals surface area contributed by atoms with E-state index in [-0.39, 0.29) is 23.3 Å². The Bertz CT molecular complexity index is 1910. The normalized spacial score (nSPS) is 11.2. The number of hydrogen-bond donors (Lipinski definition) is 1. The highest BCUT2D eigenvalue weighted by atomic mass is 35.5. The van der Waals surface area contributed by atoms with Crippen LogP contribution in [0.25, 0.3) is 0 Å². The molecule has 1 atom stereocenters. The van der Waals surface area contributed by atoms with Crippen LogP contribution in [0.15, 0.2) is 71.6 Å². The molecule has 260 valence electrons. The Labute approximate surface area is 292 Å². The monoisotopic (exact) mass is 735 g/mol. The predicted molar refractivity (Wildman–Crippen MR) is 178 cm³/mol. The zero-order chi connectivity index (χ0) is 36.3. The van der Waals surface area contributed by atoms with Gasteiger partial charge in [-0.15, -0.1) is 0 Å². The molecule has 2 amide bonds. The summed E-state index contributed by atoms with van der Waals surface area (Å²) in [5.74, 6) is 0.490. The lowest BCUT2D eigenvalue weighted by Crippen LogP contribution is -2.42. The molecule has 0 saturated heterocycles. The summed E-state index contributed by atoms with van der Waals surface area (Å²) < 4.78 is 52.1. The van der Waals surface area contributed by atoms with Crippen molar-refractivity contribution in [2.75, 3.05) is 33.3 Å². The summed E-state index contributed by atoms with van der Waals surface area (Å²) in [5.41, 5.74) is -0.208. The van der Waals surface area contributed by atoms with Gasteiger partial charge in [0.05, 0.1) is 31.9 Å². The minimum Gasteiger partial charge on any atom is -0.479 e. The summed E-state index contributed by atoms with van der Waals surface area (Å²) in [6.07, 6.45) is -0.678. The first-order valence-electron chi connectivity index (χ1n) is 13.9. The van der Waals surface area contributed by atoms with Crippen LogP contribution in [-0.4, -0.2) is 75.8 Å². The first-order valence-corrected chi connectivity index (χ1v) is 16.1. The summed E-state index contributed by atoms with van der Waals surface area (Å²) in [4.78, 5) is 47.6. The van der Waals surface area contributed by atoms with Crippen molar-refractivity contribution < 1.29 is 46.5 Å². The molecule has 49 heavy (non-hydrogen) atoms. The highest BCUT2D eigenvalue weighted by Crippen LogP contribution is 2.32. The number of amides is 2. The molecule has 0 spiro atoms. The summed E-state index contributed by atoms with van der Waals surface area (Å²) >= 11 is 11.9. The molecule has 1 aromatic heterocycles. The van der Waals surface area contributed by atoms with E-state index in [9.17, 15) is 22.8 Å². The van der Waals surface area contributed by atoms with Crippen LogP contribution in [0, 0.1) is 6.92 Å². The van der Waals surface area contributed by atoms with Crippen LogP contribution in [0.2, 0.25) is 10.0 Å². The summed E-state index contributed by atoms with van der Waals surface area (Å²) in [7, 11) is 0.675. The van der Waals surface area contributed by atoms with Gasteiger partial charge in [-0.2, -0.15) is 15.0 Å². The summed E-state index contributed by atoms with van der Waals surface area (Å²) in [6.45, 7) is 3.17. The fourth-order valence-electron chi connectivity index (χ4n) is 3.68. The Hall–Kier alpha value is -5.19. The molecule has 4 aromatic rings. The van der Waals surface area contributed by atoms with E-state index in [1.165, 1.54) is 45.5 Å². The molecule has 0 aliphatic heterocycles. The van der Waals surface area contributed by atoms with Crippen LogP contribution < -0.4 is 23.8 Å². The lowest BCUT2D eigenvalue weighted by molar-refractivity contribution is -0.147. The second-order valence-corrected chi connectivity index (χ2v) is 12.1. The van der Waals surface area contributed by atoms with Crippen LogP contribution in [0.3, 0.4) is 0 Å². The number of sulfonamides is 1. The number of esters is 2. The van der Waals surface area contributed by atoms with E-state index in [1.807, 2.05) is 4.72 Å². The number of rotatable bonds is 10. The Balaban J connectivity index is 0.000000271. The standard InChI is InChI=1S/C16H14Cl2O4.C15H17N5O6S/c1-10(16(19)20-2)21-12-4-6-13(7-5-12)22-15-8-3-11(17)9-14(15)18;1-9-16-13(18-14(17-9)26-4)20(2)15(22)19-27(23,24)11-8-6-5-7-10(11)12(21)25-3/h3-10H,1-2H3;5-8H,1-4H3,(H,19,22). The van der Waals surface area contributed by atoms with Crippen LogP contribution in [-0.2, 0) is 24.3 Å². The zero-order valence-electron chi connectivity index (χ0n) is 27.0. The number of halogens is 2. The molecule has 1 unspecified atom stereocenters. The molecular formula is C31H31Cl2N5O10S. The van der Waals surface area contributed by atoms with Crippen molar-refractivity contribution in [3.8, 4) is 23.3 Å². The SMILES string of the molecule is COC(=O)C(C)Oc1ccc(Oc2ccc(Cl)cc2Cl)cc1.COC(=O)c1ccccc1S(=O)(=O)NC(=O)N(C)c1nc(C)nc(OC)n1. The maximum atomic E-state index is 12.6. The van der Waals surface area contributed by atoms with Gasteiger partial charge in [0.2, 0.25) is 5.95 Å². The fourth-order valence-corrected chi connectivity index (χ4v) is 5.31. The smallest absolute Gasteiger partial charge is 0.346 e. The summed E-state index contributed by atoms with van der Waals surface area (Å²) in [5, 5.41) is 0.963. The van der Waals surface area contributed by atoms with Crippen molar-refractivity contribution in [3.05, 3.63) is 88.2 Å². The minimum absolute atomic E-state index is 0.0314.